The first-order valence-corrected chi connectivity index (χ1v) is 11.8. The molecule has 0 radical (unpaired) electrons. The van der Waals surface area contributed by atoms with Crippen LogP contribution in [0.3, 0.4) is 0 Å². The van der Waals surface area contributed by atoms with Gasteiger partial charge in [0.2, 0.25) is 5.91 Å². The molecule has 2 aromatic carbocycles. The van der Waals surface area contributed by atoms with Crippen LogP contribution < -0.4 is 5.32 Å². The van der Waals surface area contributed by atoms with E-state index in [0.717, 1.165) is 61.2 Å². The van der Waals surface area contributed by atoms with Crippen molar-refractivity contribution in [1.29, 1.82) is 0 Å². The highest BCUT2D eigenvalue weighted by molar-refractivity contribution is 5.93. The number of ether oxygens (including phenoxy) is 2. The van der Waals surface area contributed by atoms with E-state index in [1.807, 2.05) is 36.4 Å². The van der Waals surface area contributed by atoms with Crippen LogP contribution in [0.1, 0.15) is 48.5 Å². The van der Waals surface area contributed by atoms with Gasteiger partial charge in [0.1, 0.15) is 0 Å². The number of nitrogens with zero attached hydrogens (tertiary/aromatic N) is 1. The maximum Gasteiger partial charge on any atom is 0.224 e. The van der Waals surface area contributed by atoms with Crippen molar-refractivity contribution >= 4 is 11.6 Å². The molecule has 1 amide bonds. The molecule has 2 aromatic rings. The number of hydrogen-bond donors (Lipinski definition) is 2. The lowest BCUT2D eigenvalue weighted by molar-refractivity contribution is -0.181. The molecule has 0 bridgehead atoms. The van der Waals surface area contributed by atoms with E-state index in [9.17, 15) is 9.90 Å². The number of likely N-dealkylation sites (tertiary alicyclic amines) is 1. The molecule has 32 heavy (non-hydrogen) atoms. The number of aliphatic hydroxyl groups excluding tert-OH is 1. The first-order valence-electron chi connectivity index (χ1n) is 11.8. The Morgan fingerprint density at radius 3 is 2.56 bits per heavy atom. The smallest absolute Gasteiger partial charge is 0.224 e. The van der Waals surface area contributed by atoms with Gasteiger partial charge in [0.25, 0.3) is 0 Å². The number of aliphatic hydroxyl groups is 1. The molecule has 3 heterocycles. The van der Waals surface area contributed by atoms with Crippen LogP contribution in [-0.4, -0.2) is 48.8 Å². The second-order valence-electron chi connectivity index (χ2n) is 9.24. The first-order chi connectivity index (χ1) is 15.6. The molecular weight excluding hydrogens is 404 g/mol. The fourth-order valence-electron chi connectivity index (χ4n) is 5.26. The molecule has 170 valence electrons. The molecule has 1 atom stereocenters. The lowest BCUT2D eigenvalue weighted by Gasteiger charge is -2.37. The number of rotatable bonds is 6. The Hall–Kier alpha value is -2.25. The predicted molar refractivity (Wildman–Crippen MR) is 122 cm³/mol. The van der Waals surface area contributed by atoms with E-state index in [-0.39, 0.29) is 5.91 Å². The van der Waals surface area contributed by atoms with Crippen LogP contribution in [-0.2, 0) is 26.5 Å². The van der Waals surface area contributed by atoms with E-state index in [4.69, 9.17) is 9.47 Å². The molecule has 2 fully saturated rings. The number of carbonyl (C=O) groups is 1. The normalized spacial score (nSPS) is 22.3. The van der Waals surface area contributed by atoms with E-state index in [0.29, 0.717) is 32.1 Å². The van der Waals surface area contributed by atoms with Gasteiger partial charge in [-0.15, -0.1) is 0 Å². The number of piperidine rings is 1. The summed E-state index contributed by atoms with van der Waals surface area (Å²) in [6.07, 6.45) is 3.75. The van der Waals surface area contributed by atoms with Crippen LogP contribution in [0.2, 0.25) is 0 Å². The van der Waals surface area contributed by atoms with Crippen molar-refractivity contribution in [3.63, 3.8) is 0 Å². The molecule has 2 saturated heterocycles. The highest BCUT2D eigenvalue weighted by Crippen LogP contribution is 2.40. The van der Waals surface area contributed by atoms with Gasteiger partial charge in [0.05, 0.1) is 19.3 Å². The molecule has 3 aliphatic rings. The number of fused-ring (bicyclic) bond motifs is 1. The topological polar surface area (TPSA) is 71.0 Å². The Bertz CT molecular complexity index is 934. The third-order valence-electron chi connectivity index (χ3n) is 7.07. The number of hydrogen-bond acceptors (Lipinski definition) is 5. The average molecular weight is 437 g/mol. The van der Waals surface area contributed by atoms with Gasteiger partial charge in [0.15, 0.2) is 5.79 Å². The summed E-state index contributed by atoms with van der Waals surface area (Å²) < 4.78 is 12.3. The monoisotopic (exact) mass is 436 g/mol. The molecule has 6 heteroatoms. The van der Waals surface area contributed by atoms with Crippen LogP contribution in [0.4, 0.5) is 5.69 Å². The second kappa shape index (κ2) is 9.32. The van der Waals surface area contributed by atoms with Gasteiger partial charge in [-0.1, -0.05) is 42.5 Å². The standard InChI is InChI=1S/C26H32N2O4/c29-24(21-6-8-23-20(16-21)7-9-25(30)27-23)18-28-12-10-19(11-13-28)17-26(31-14-15-32-26)22-4-2-1-3-5-22/h1-6,8,16,19,24,29H,7,9-15,17-18H2,(H,27,30). The minimum Gasteiger partial charge on any atom is -0.387 e. The van der Waals surface area contributed by atoms with Crippen molar-refractivity contribution in [2.24, 2.45) is 5.92 Å². The zero-order valence-electron chi connectivity index (χ0n) is 18.5. The Morgan fingerprint density at radius 1 is 1.06 bits per heavy atom. The predicted octanol–water partition coefficient (Wildman–Crippen LogP) is 3.61. The third kappa shape index (κ3) is 4.59. The number of amides is 1. The molecule has 5 rings (SSSR count). The third-order valence-corrected chi connectivity index (χ3v) is 7.07. The molecular formula is C26H32N2O4. The average Bonchev–Trinajstić information content (AvgIpc) is 3.30. The van der Waals surface area contributed by atoms with Crippen molar-refractivity contribution in [1.82, 2.24) is 4.90 Å². The van der Waals surface area contributed by atoms with Gasteiger partial charge < -0.3 is 24.8 Å². The highest BCUT2D eigenvalue weighted by Gasteiger charge is 2.41. The Labute approximate surface area is 189 Å². The SMILES string of the molecule is O=C1CCc2cc(C(O)CN3CCC(CC4(c5ccccc5)OCCO4)CC3)ccc2N1. The number of aryl methyl sites for hydroxylation is 1. The Morgan fingerprint density at radius 2 is 1.81 bits per heavy atom. The zero-order valence-corrected chi connectivity index (χ0v) is 18.5. The minimum absolute atomic E-state index is 0.0658. The van der Waals surface area contributed by atoms with Crippen molar-refractivity contribution in [2.75, 3.05) is 38.2 Å². The van der Waals surface area contributed by atoms with Crippen molar-refractivity contribution in [3.05, 3.63) is 65.2 Å². The van der Waals surface area contributed by atoms with Gasteiger partial charge in [-0.05, 0) is 55.5 Å². The summed E-state index contributed by atoms with van der Waals surface area (Å²) in [7, 11) is 0. The molecule has 6 nitrogen and oxygen atoms in total. The number of anilines is 1. The van der Waals surface area contributed by atoms with E-state index in [1.165, 1.54) is 0 Å². The largest absolute Gasteiger partial charge is 0.387 e. The van der Waals surface area contributed by atoms with Gasteiger partial charge in [-0.2, -0.15) is 0 Å². The van der Waals surface area contributed by atoms with E-state index in [2.05, 4.69) is 22.3 Å². The molecule has 0 spiro atoms. The van der Waals surface area contributed by atoms with E-state index >= 15 is 0 Å². The van der Waals surface area contributed by atoms with Gasteiger partial charge >= 0.3 is 0 Å². The van der Waals surface area contributed by atoms with Gasteiger partial charge in [-0.25, -0.2) is 0 Å². The van der Waals surface area contributed by atoms with Crippen molar-refractivity contribution in [2.45, 2.75) is 44.0 Å². The van der Waals surface area contributed by atoms with Crippen LogP contribution in [0, 0.1) is 5.92 Å². The van der Waals surface area contributed by atoms with Gasteiger partial charge in [-0.3, -0.25) is 4.79 Å². The Balaban J connectivity index is 1.16. The fraction of sp³-hybridized carbons (Fsp3) is 0.500. The quantitative estimate of drug-likeness (QED) is 0.724. The van der Waals surface area contributed by atoms with Crippen molar-refractivity contribution in [3.8, 4) is 0 Å². The maximum absolute atomic E-state index is 11.6. The summed E-state index contributed by atoms with van der Waals surface area (Å²) >= 11 is 0. The molecule has 0 aromatic heterocycles. The summed E-state index contributed by atoms with van der Waals surface area (Å²) in [6.45, 7) is 3.85. The lowest BCUT2D eigenvalue weighted by Crippen LogP contribution is -2.39. The number of nitrogens with one attached hydrogen (secondary N) is 1. The van der Waals surface area contributed by atoms with Crippen LogP contribution in [0.25, 0.3) is 0 Å². The van der Waals surface area contributed by atoms with Gasteiger partial charge in [0, 0.05) is 30.6 Å². The fourth-order valence-corrected chi connectivity index (χ4v) is 5.26. The summed E-state index contributed by atoms with van der Waals surface area (Å²) in [6, 6.07) is 16.2. The number of benzene rings is 2. The summed E-state index contributed by atoms with van der Waals surface area (Å²) in [5.74, 6) is -0.00299. The Kier molecular flexibility index (Phi) is 6.28. The highest BCUT2D eigenvalue weighted by atomic mass is 16.7. The van der Waals surface area contributed by atoms with E-state index in [1.54, 1.807) is 0 Å². The van der Waals surface area contributed by atoms with Crippen LogP contribution in [0.5, 0.6) is 0 Å². The van der Waals surface area contributed by atoms with Crippen LogP contribution >= 0.6 is 0 Å². The lowest BCUT2D eigenvalue weighted by atomic mass is 9.86. The van der Waals surface area contributed by atoms with Crippen LogP contribution in [0.15, 0.2) is 48.5 Å². The zero-order chi connectivity index (χ0) is 22.0. The first kappa shape index (κ1) is 21.6. The molecule has 1 unspecified atom stereocenters. The van der Waals surface area contributed by atoms with E-state index < -0.39 is 11.9 Å². The summed E-state index contributed by atoms with van der Waals surface area (Å²) in [4.78, 5) is 13.9. The number of carbonyl (C=O) groups excluding carboxylic acids is 1. The second-order valence-corrected chi connectivity index (χ2v) is 9.24. The summed E-state index contributed by atoms with van der Waals surface area (Å²) in [5, 5.41) is 13.7. The van der Waals surface area contributed by atoms with Crippen molar-refractivity contribution < 1.29 is 19.4 Å². The molecule has 0 aliphatic carbocycles. The molecule has 0 saturated carbocycles. The minimum atomic E-state index is -0.605. The molecule has 2 N–H and O–H groups in total. The molecule has 3 aliphatic heterocycles. The maximum atomic E-state index is 11.6. The number of β-amino-alcohol motifs (C(OH)–C–C–N with tert-alkyl or cyclic N) is 1. The summed E-state index contributed by atoms with van der Waals surface area (Å²) in [5.41, 5.74) is 4.03.